The van der Waals surface area contributed by atoms with Gasteiger partial charge in [-0.3, -0.25) is 0 Å². The fraction of sp³-hybridized carbons (Fsp3) is 0.625. The molecule has 2 rings (SSSR count). The first-order valence-electron chi connectivity index (χ1n) is 6.99. The highest BCUT2D eigenvalue weighted by atomic mass is 16.5. The normalized spacial score (nSPS) is 15.9. The van der Waals surface area contributed by atoms with Crippen molar-refractivity contribution in [2.75, 3.05) is 6.54 Å². The summed E-state index contributed by atoms with van der Waals surface area (Å²) < 4.78 is 5.88. The first-order valence-corrected chi connectivity index (χ1v) is 6.99. The molecule has 0 heterocycles. The van der Waals surface area contributed by atoms with Crippen LogP contribution in [0.4, 0.5) is 0 Å². The van der Waals surface area contributed by atoms with Gasteiger partial charge in [0.2, 0.25) is 0 Å². The Morgan fingerprint density at radius 1 is 1.17 bits per heavy atom. The quantitative estimate of drug-likeness (QED) is 0.833. The second-order valence-electron chi connectivity index (χ2n) is 6.15. The fourth-order valence-corrected chi connectivity index (χ4v) is 1.93. The molecule has 0 atom stereocenters. The lowest BCUT2D eigenvalue weighted by Gasteiger charge is -2.20. The van der Waals surface area contributed by atoms with E-state index in [2.05, 4.69) is 50.4 Å². The van der Waals surface area contributed by atoms with E-state index in [1.807, 2.05) is 0 Å². The van der Waals surface area contributed by atoms with E-state index in [1.54, 1.807) is 0 Å². The number of rotatable bonds is 6. The van der Waals surface area contributed by atoms with Gasteiger partial charge in [-0.25, -0.2) is 0 Å². The van der Waals surface area contributed by atoms with Gasteiger partial charge in [0.1, 0.15) is 0 Å². The van der Waals surface area contributed by atoms with Gasteiger partial charge in [-0.1, -0.05) is 24.3 Å². The van der Waals surface area contributed by atoms with Crippen molar-refractivity contribution in [3.63, 3.8) is 0 Å². The van der Waals surface area contributed by atoms with Crippen molar-refractivity contribution in [3.05, 3.63) is 35.4 Å². The smallest absolute Gasteiger partial charge is 0.0726 e. The minimum atomic E-state index is -0.0701. The van der Waals surface area contributed by atoms with E-state index in [9.17, 15) is 0 Å². The van der Waals surface area contributed by atoms with Gasteiger partial charge in [-0.15, -0.1) is 0 Å². The van der Waals surface area contributed by atoms with E-state index < -0.39 is 0 Å². The van der Waals surface area contributed by atoms with Crippen LogP contribution in [-0.4, -0.2) is 18.2 Å². The molecule has 1 N–H and O–H groups in total. The van der Waals surface area contributed by atoms with E-state index in [0.29, 0.717) is 6.61 Å². The highest BCUT2D eigenvalue weighted by molar-refractivity contribution is 5.26. The summed E-state index contributed by atoms with van der Waals surface area (Å²) in [5.74, 6) is 0. The van der Waals surface area contributed by atoms with E-state index >= 15 is 0 Å². The molecule has 0 saturated heterocycles. The molecule has 1 aromatic carbocycles. The summed E-state index contributed by atoms with van der Waals surface area (Å²) in [6.45, 7) is 8.10. The highest BCUT2D eigenvalue weighted by Crippen LogP contribution is 2.19. The van der Waals surface area contributed by atoms with Crippen molar-refractivity contribution in [2.24, 2.45) is 0 Å². The van der Waals surface area contributed by atoms with Crippen LogP contribution in [0, 0.1) is 0 Å². The Bertz CT molecular complexity index is 377. The number of ether oxygens (including phenoxy) is 1. The number of nitrogens with one attached hydrogen (secondary N) is 1. The van der Waals surface area contributed by atoms with E-state index in [0.717, 1.165) is 19.0 Å². The third kappa shape index (κ3) is 4.79. The van der Waals surface area contributed by atoms with Crippen LogP contribution in [0.15, 0.2) is 24.3 Å². The summed E-state index contributed by atoms with van der Waals surface area (Å²) in [4.78, 5) is 0. The Morgan fingerprint density at radius 2 is 1.83 bits per heavy atom. The molecular weight excluding hydrogens is 222 g/mol. The Balaban J connectivity index is 1.87. The van der Waals surface area contributed by atoms with Crippen molar-refractivity contribution < 1.29 is 4.74 Å². The van der Waals surface area contributed by atoms with Crippen LogP contribution >= 0.6 is 0 Å². The molecule has 0 amide bonds. The van der Waals surface area contributed by atoms with Crippen LogP contribution in [0.25, 0.3) is 0 Å². The molecule has 1 aliphatic carbocycles. The summed E-state index contributed by atoms with van der Waals surface area (Å²) in [7, 11) is 0. The number of benzene rings is 1. The van der Waals surface area contributed by atoms with Crippen LogP contribution in [0.5, 0.6) is 0 Å². The summed E-state index contributed by atoms with van der Waals surface area (Å²) in [5, 5.41) is 3.56. The van der Waals surface area contributed by atoms with Gasteiger partial charge >= 0.3 is 0 Å². The predicted octanol–water partition coefficient (Wildman–Crippen LogP) is 3.30. The van der Waals surface area contributed by atoms with Crippen LogP contribution in [0.3, 0.4) is 0 Å². The Labute approximate surface area is 111 Å². The SMILES string of the molecule is CC(C)(C)OCc1ccccc1CCNC1CC1. The Morgan fingerprint density at radius 3 is 2.44 bits per heavy atom. The third-order valence-corrected chi connectivity index (χ3v) is 3.18. The van der Waals surface area contributed by atoms with Crippen LogP contribution < -0.4 is 5.32 Å². The third-order valence-electron chi connectivity index (χ3n) is 3.18. The monoisotopic (exact) mass is 247 g/mol. The van der Waals surface area contributed by atoms with Gasteiger partial charge in [0.05, 0.1) is 12.2 Å². The van der Waals surface area contributed by atoms with Gasteiger partial charge in [0.25, 0.3) is 0 Å². The number of hydrogen-bond acceptors (Lipinski definition) is 2. The summed E-state index contributed by atoms with van der Waals surface area (Å²) >= 11 is 0. The van der Waals surface area contributed by atoms with Gasteiger partial charge in [-0.05, 0) is 57.7 Å². The maximum absolute atomic E-state index is 5.88. The maximum atomic E-state index is 5.88. The molecule has 0 spiro atoms. The standard InChI is InChI=1S/C16H25NO/c1-16(2,3)18-12-14-7-5-4-6-13(14)10-11-17-15-8-9-15/h4-7,15,17H,8-12H2,1-3H3. The van der Waals surface area contributed by atoms with Gasteiger partial charge in [-0.2, -0.15) is 0 Å². The Kier molecular flexibility index (Phi) is 4.41. The van der Waals surface area contributed by atoms with Crippen molar-refractivity contribution in [2.45, 2.75) is 58.3 Å². The molecule has 1 saturated carbocycles. The molecule has 100 valence electrons. The highest BCUT2D eigenvalue weighted by Gasteiger charge is 2.19. The van der Waals surface area contributed by atoms with E-state index in [4.69, 9.17) is 4.74 Å². The van der Waals surface area contributed by atoms with Crippen LogP contribution in [0.1, 0.15) is 44.7 Å². The van der Waals surface area contributed by atoms with Crippen molar-refractivity contribution in [1.82, 2.24) is 5.32 Å². The first-order chi connectivity index (χ1) is 8.54. The minimum absolute atomic E-state index is 0.0701. The zero-order valence-corrected chi connectivity index (χ0v) is 11.8. The van der Waals surface area contributed by atoms with E-state index in [1.165, 1.54) is 24.0 Å². The molecule has 0 aromatic heterocycles. The van der Waals surface area contributed by atoms with Crippen molar-refractivity contribution in [3.8, 4) is 0 Å². The molecule has 1 aliphatic rings. The van der Waals surface area contributed by atoms with E-state index in [-0.39, 0.29) is 5.60 Å². The average molecular weight is 247 g/mol. The van der Waals surface area contributed by atoms with Crippen LogP contribution in [-0.2, 0) is 17.8 Å². The largest absolute Gasteiger partial charge is 0.371 e. The summed E-state index contributed by atoms with van der Waals surface area (Å²) in [5.41, 5.74) is 2.67. The van der Waals surface area contributed by atoms with Crippen molar-refractivity contribution >= 4 is 0 Å². The zero-order valence-electron chi connectivity index (χ0n) is 11.8. The van der Waals surface area contributed by atoms with Crippen molar-refractivity contribution in [1.29, 1.82) is 0 Å². The Hall–Kier alpha value is -0.860. The molecule has 0 bridgehead atoms. The average Bonchev–Trinajstić information content (AvgIpc) is 3.11. The molecule has 1 aromatic rings. The second-order valence-corrected chi connectivity index (χ2v) is 6.15. The van der Waals surface area contributed by atoms with Gasteiger partial charge < -0.3 is 10.1 Å². The molecule has 0 unspecified atom stereocenters. The summed E-state index contributed by atoms with van der Waals surface area (Å²) in [6.07, 6.45) is 3.81. The number of hydrogen-bond donors (Lipinski definition) is 1. The topological polar surface area (TPSA) is 21.3 Å². The van der Waals surface area contributed by atoms with Gasteiger partial charge in [0, 0.05) is 6.04 Å². The molecule has 18 heavy (non-hydrogen) atoms. The lowest BCUT2D eigenvalue weighted by molar-refractivity contribution is -0.0152. The summed E-state index contributed by atoms with van der Waals surface area (Å²) in [6, 6.07) is 9.41. The molecule has 2 nitrogen and oxygen atoms in total. The molecule has 2 heteroatoms. The first kappa shape index (κ1) is 13.6. The molecule has 0 aliphatic heterocycles. The second kappa shape index (κ2) is 5.85. The molecule has 1 fully saturated rings. The minimum Gasteiger partial charge on any atom is -0.371 e. The molecular formula is C16H25NO. The van der Waals surface area contributed by atoms with Crippen LogP contribution in [0.2, 0.25) is 0 Å². The lowest BCUT2D eigenvalue weighted by atomic mass is 10.0. The van der Waals surface area contributed by atoms with Gasteiger partial charge in [0.15, 0.2) is 0 Å². The zero-order chi connectivity index (χ0) is 13.0. The fourth-order valence-electron chi connectivity index (χ4n) is 1.93. The molecule has 0 radical (unpaired) electrons. The lowest BCUT2D eigenvalue weighted by Crippen LogP contribution is -2.21. The maximum Gasteiger partial charge on any atom is 0.0726 e. The predicted molar refractivity (Wildman–Crippen MR) is 75.7 cm³/mol.